The Kier molecular flexibility index (Phi) is 8.67. The van der Waals surface area contributed by atoms with Gasteiger partial charge in [0.25, 0.3) is 0 Å². The van der Waals surface area contributed by atoms with Gasteiger partial charge in [0.05, 0.1) is 35.2 Å². The fraction of sp³-hybridized carbons (Fsp3) is 0.286. The number of hydrogen-bond donors (Lipinski definition) is 3. The molecule has 1 aromatic heterocycles. The number of nitrogens with one attached hydrogen (secondary N) is 3. The average molecular weight is 528 g/mol. The highest BCUT2D eigenvalue weighted by atomic mass is 35.5. The smallest absolute Gasteiger partial charge is 0.338 e. The number of hydrogen-bond acceptors (Lipinski definition) is 8. The summed E-state index contributed by atoms with van der Waals surface area (Å²) in [4.78, 5) is 37.7. The fourth-order valence-electron chi connectivity index (χ4n) is 3.06. The van der Waals surface area contributed by atoms with Crippen LogP contribution in [0, 0.1) is 0 Å². The lowest BCUT2D eigenvalue weighted by Gasteiger charge is -2.28. The molecule has 1 aliphatic heterocycles. The average Bonchev–Trinajstić information content (AvgIpc) is 3.32. The van der Waals surface area contributed by atoms with Gasteiger partial charge in [-0.05, 0) is 42.6 Å². The first-order chi connectivity index (χ1) is 16.2. The summed E-state index contributed by atoms with van der Waals surface area (Å²) in [5.74, 6) is -1.38. The van der Waals surface area contributed by atoms with Crippen LogP contribution in [0.3, 0.4) is 0 Å². The van der Waals surface area contributed by atoms with E-state index in [4.69, 9.17) is 21.1 Å². The van der Waals surface area contributed by atoms with E-state index < -0.39 is 40.6 Å². The number of amides is 2. The van der Waals surface area contributed by atoms with Gasteiger partial charge >= 0.3 is 18.0 Å². The predicted octanol–water partition coefficient (Wildman–Crippen LogP) is 2.48. The molecule has 0 aliphatic carbocycles. The van der Waals surface area contributed by atoms with Crippen molar-refractivity contribution in [2.45, 2.75) is 24.3 Å². The lowest BCUT2D eigenvalue weighted by Crippen LogP contribution is -2.47. The van der Waals surface area contributed by atoms with Crippen LogP contribution in [0.5, 0.6) is 0 Å². The first-order valence-corrected chi connectivity index (χ1v) is 12.9. The highest BCUT2D eigenvalue weighted by Gasteiger charge is 2.34. The maximum Gasteiger partial charge on any atom is 0.338 e. The molecule has 0 saturated heterocycles. The Morgan fingerprint density at radius 2 is 1.91 bits per heavy atom. The Morgan fingerprint density at radius 1 is 1.18 bits per heavy atom. The van der Waals surface area contributed by atoms with Crippen molar-refractivity contribution in [1.82, 2.24) is 15.4 Å². The van der Waals surface area contributed by atoms with E-state index in [2.05, 4.69) is 15.4 Å². The van der Waals surface area contributed by atoms with Crippen molar-refractivity contribution in [2.24, 2.45) is 0 Å². The molecule has 2 aromatic rings. The van der Waals surface area contributed by atoms with E-state index in [0.717, 1.165) is 0 Å². The van der Waals surface area contributed by atoms with Gasteiger partial charge < -0.3 is 20.1 Å². The van der Waals surface area contributed by atoms with Crippen LogP contribution in [0.15, 0.2) is 57.9 Å². The van der Waals surface area contributed by atoms with E-state index in [9.17, 15) is 22.8 Å². The Balaban J connectivity index is 1.64. The summed E-state index contributed by atoms with van der Waals surface area (Å²) in [5.41, 5.74) is 0.218. The van der Waals surface area contributed by atoms with Crippen LogP contribution in [-0.2, 0) is 29.1 Å². The van der Waals surface area contributed by atoms with Gasteiger partial charge in [-0.3, -0.25) is 4.79 Å². The van der Waals surface area contributed by atoms with Crippen LogP contribution in [0.1, 0.15) is 24.3 Å². The summed E-state index contributed by atoms with van der Waals surface area (Å²) in [6, 6.07) is 7.79. The highest BCUT2D eigenvalue weighted by molar-refractivity contribution is 7.89. The van der Waals surface area contributed by atoms with Gasteiger partial charge in [-0.25, -0.2) is 22.7 Å². The Hall–Kier alpha value is -2.93. The summed E-state index contributed by atoms with van der Waals surface area (Å²) in [7, 11) is -3.83. The quantitative estimate of drug-likeness (QED) is 0.403. The zero-order valence-electron chi connectivity index (χ0n) is 18.0. The molecule has 10 nitrogen and oxygen atoms in total. The summed E-state index contributed by atoms with van der Waals surface area (Å²) in [6.07, 6.45) is -0.268. The molecule has 1 atom stereocenters. The number of carbonyl (C=O) groups is 3. The summed E-state index contributed by atoms with van der Waals surface area (Å²) >= 11 is 7.11. The molecule has 182 valence electrons. The number of thiophene rings is 1. The second kappa shape index (κ2) is 11.5. The van der Waals surface area contributed by atoms with Gasteiger partial charge in [0.15, 0.2) is 0 Å². The first kappa shape index (κ1) is 25.7. The van der Waals surface area contributed by atoms with E-state index in [-0.39, 0.29) is 35.7 Å². The molecule has 0 spiro atoms. The molecule has 1 aliphatic rings. The largest absolute Gasteiger partial charge is 0.463 e. The van der Waals surface area contributed by atoms with Gasteiger partial charge in [-0.1, -0.05) is 17.7 Å². The van der Waals surface area contributed by atoms with Gasteiger partial charge in [0.1, 0.15) is 6.61 Å². The molecule has 0 saturated carbocycles. The van der Waals surface area contributed by atoms with Gasteiger partial charge in [0, 0.05) is 16.4 Å². The first-order valence-electron chi connectivity index (χ1n) is 10.1. The molecular formula is C21H22ClN3O7S2. The van der Waals surface area contributed by atoms with Crippen molar-refractivity contribution in [3.8, 4) is 0 Å². The van der Waals surface area contributed by atoms with Crippen LogP contribution >= 0.6 is 22.9 Å². The lowest BCUT2D eigenvalue weighted by atomic mass is 10.0. The van der Waals surface area contributed by atoms with Crippen LogP contribution in [-0.4, -0.2) is 46.1 Å². The van der Waals surface area contributed by atoms with Crippen molar-refractivity contribution in [3.05, 3.63) is 62.9 Å². The summed E-state index contributed by atoms with van der Waals surface area (Å²) in [5, 5.41) is 7.36. The Morgan fingerprint density at radius 3 is 2.56 bits per heavy atom. The monoisotopic (exact) mass is 527 g/mol. The van der Waals surface area contributed by atoms with Crippen LogP contribution in [0.4, 0.5) is 4.79 Å². The number of urea groups is 1. The minimum Gasteiger partial charge on any atom is -0.463 e. The normalized spacial score (nSPS) is 15.9. The molecule has 2 amide bonds. The number of esters is 2. The molecule has 0 bridgehead atoms. The number of carbonyl (C=O) groups excluding carboxylic acids is 3. The fourth-order valence-corrected chi connectivity index (χ4v) is 5.00. The molecule has 34 heavy (non-hydrogen) atoms. The zero-order chi connectivity index (χ0) is 24.7. The SMILES string of the molecule is CCOC(=O)C1=C(COC(=O)CCNS(=O)(=O)c2ccc(Cl)cc2)NC(=O)N[C@@H]1c1cccs1. The number of sulfonamides is 1. The third kappa shape index (κ3) is 6.56. The zero-order valence-corrected chi connectivity index (χ0v) is 20.4. The third-order valence-electron chi connectivity index (χ3n) is 4.60. The predicted molar refractivity (Wildman–Crippen MR) is 125 cm³/mol. The van der Waals surface area contributed by atoms with E-state index >= 15 is 0 Å². The number of ether oxygens (including phenoxy) is 2. The topological polar surface area (TPSA) is 140 Å². The minimum absolute atomic E-state index is 0.00605. The van der Waals surface area contributed by atoms with Crippen LogP contribution in [0.25, 0.3) is 0 Å². The molecule has 2 heterocycles. The molecule has 0 unspecified atom stereocenters. The van der Waals surface area contributed by atoms with E-state index in [1.807, 2.05) is 0 Å². The van der Waals surface area contributed by atoms with Crippen molar-refractivity contribution in [3.63, 3.8) is 0 Å². The maximum absolute atomic E-state index is 12.6. The van der Waals surface area contributed by atoms with Crippen molar-refractivity contribution < 1.29 is 32.3 Å². The number of benzene rings is 1. The second-order valence-corrected chi connectivity index (χ2v) is 10.1. The minimum atomic E-state index is -3.83. The number of rotatable bonds is 10. The summed E-state index contributed by atoms with van der Waals surface area (Å²) < 4.78 is 37.2. The maximum atomic E-state index is 12.6. The van der Waals surface area contributed by atoms with Gasteiger partial charge in [0.2, 0.25) is 10.0 Å². The van der Waals surface area contributed by atoms with Crippen molar-refractivity contribution >= 4 is 50.9 Å². The molecule has 0 radical (unpaired) electrons. The Labute approximate surface area is 205 Å². The molecule has 1 aromatic carbocycles. The Bertz CT molecular complexity index is 1180. The standard InChI is InChI=1S/C21H22ClN3O7S2/c1-2-31-20(27)18-15(24-21(28)25-19(18)16-4-3-11-33-16)12-32-17(26)9-10-23-34(29,30)14-7-5-13(22)6-8-14/h3-8,11,19,23H,2,9-10,12H2,1H3,(H2,24,25,28)/t19-/m1/s1. The molecule has 3 N–H and O–H groups in total. The van der Waals surface area contributed by atoms with Gasteiger partial charge in [-0.2, -0.15) is 0 Å². The lowest BCUT2D eigenvalue weighted by molar-refractivity contribution is -0.143. The van der Waals surface area contributed by atoms with Crippen LogP contribution < -0.4 is 15.4 Å². The number of halogens is 1. The van der Waals surface area contributed by atoms with Crippen LogP contribution in [0.2, 0.25) is 5.02 Å². The van der Waals surface area contributed by atoms with Crippen molar-refractivity contribution in [2.75, 3.05) is 19.8 Å². The molecule has 3 rings (SSSR count). The molecular weight excluding hydrogens is 506 g/mol. The van der Waals surface area contributed by atoms with Crippen molar-refractivity contribution in [1.29, 1.82) is 0 Å². The summed E-state index contributed by atoms with van der Waals surface area (Å²) in [6.45, 7) is 1.16. The van der Waals surface area contributed by atoms with E-state index in [1.54, 1.807) is 24.4 Å². The van der Waals surface area contributed by atoms with E-state index in [0.29, 0.717) is 9.90 Å². The van der Waals surface area contributed by atoms with E-state index in [1.165, 1.54) is 35.6 Å². The van der Waals surface area contributed by atoms with Gasteiger partial charge in [-0.15, -0.1) is 11.3 Å². The third-order valence-corrected chi connectivity index (χ3v) is 7.27. The molecule has 13 heteroatoms. The highest BCUT2D eigenvalue weighted by Crippen LogP contribution is 2.30. The second-order valence-electron chi connectivity index (χ2n) is 6.92. The molecule has 0 fully saturated rings.